The molecule has 0 bridgehead atoms. The molecular formula is C33H34N6O4S. The number of fused-ring (bicyclic) bond motifs is 1. The quantitative estimate of drug-likeness (QED) is 0.208. The highest BCUT2D eigenvalue weighted by Gasteiger charge is 2.47. The van der Waals surface area contributed by atoms with Crippen molar-refractivity contribution >= 4 is 39.9 Å². The molecule has 1 saturated carbocycles. The summed E-state index contributed by atoms with van der Waals surface area (Å²) in [5, 5.41) is 14.3. The number of nitrogens with zero attached hydrogens (tertiary/aromatic N) is 5. The molecule has 10 nitrogen and oxygen atoms in total. The molecule has 1 fully saturated rings. The van der Waals surface area contributed by atoms with E-state index in [2.05, 4.69) is 15.6 Å². The summed E-state index contributed by atoms with van der Waals surface area (Å²) in [4.78, 5) is 35.3. The molecule has 0 atom stereocenters. The molecule has 0 radical (unpaired) electrons. The van der Waals surface area contributed by atoms with Crippen LogP contribution < -0.4 is 14.8 Å². The zero-order valence-corrected chi connectivity index (χ0v) is 25.5. The molecule has 2 amide bonds. The van der Waals surface area contributed by atoms with Crippen molar-refractivity contribution in [1.29, 1.82) is 0 Å². The highest BCUT2D eigenvalue weighted by atomic mass is 32.1. The van der Waals surface area contributed by atoms with Gasteiger partial charge in [0.25, 0.3) is 0 Å². The Hall–Kier alpha value is -4.77. The second-order valence-electron chi connectivity index (χ2n) is 10.8. The summed E-state index contributed by atoms with van der Waals surface area (Å²) in [6, 6.07) is 22.5. The molecule has 226 valence electrons. The Bertz CT molecular complexity index is 1740. The Balaban J connectivity index is 1.34. The number of hydrogen-bond donors (Lipinski definition) is 1. The van der Waals surface area contributed by atoms with Gasteiger partial charge in [0.1, 0.15) is 34.1 Å². The molecular weight excluding hydrogens is 576 g/mol. The topological polar surface area (TPSA) is 111 Å². The van der Waals surface area contributed by atoms with Crippen molar-refractivity contribution < 1.29 is 19.1 Å². The largest absolute Gasteiger partial charge is 0.497 e. The van der Waals surface area contributed by atoms with Gasteiger partial charge in [0.05, 0.1) is 32.0 Å². The molecule has 2 aromatic heterocycles. The van der Waals surface area contributed by atoms with Crippen LogP contribution in [0.4, 0.5) is 5.69 Å². The number of ether oxygens (including phenoxy) is 2. The van der Waals surface area contributed by atoms with E-state index in [1.54, 1.807) is 35.9 Å². The number of rotatable bonds is 10. The third-order valence-electron chi connectivity index (χ3n) is 8.21. The lowest BCUT2D eigenvalue weighted by Crippen LogP contribution is -2.60. The van der Waals surface area contributed by atoms with E-state index in [-0.39, 0.29) is 24.9 Å². The normalized spacial score (nSPS) is 14.2. The smallest absolute Gasteiger partial charge is 0.250 e. The van der Waals surface area contributed by atoms with Crippen molar-refractivity contribution in [3.63, 3.8) is 0 Å². The second kappa shape index (κ2) is 12.8. The predicted octanol–water partition coefficient (Wildman–Crippen LogP) is 5.94. The van der Waals surface area contributed by atoms with Gasteiger partial charge in [0, 0.05) is 16.6 Å². The number of benzene rings is 3. The number of aromatic nitrogens is 4. The van der Waals surface area contributed by atoms with Gasteiger partial charge in [-0.1, -0.05) is 36.6 Å². The SMILES string of the molecule is COc1ccc(NC(=O)C2(N(Cc3nc(-c4ccc(OC)cc4)cs3)C(=O)Cn3nnc4ccccc43)CCCCC2)cc1. The molecule has 0 unspecified atom stereocenters. The fraction of sp³-hybridized carbons (Fsp3) is 0.303. The number of amides is 2. The number of nitrogens with one attached hydrogen (secondary N) is 1. The van der Waals surface area contributed by atoms with Crippen LogP contribution in [0.15, 0.2) is 78.2 Å². The van der Waals surface area contributed by atoms with Gasteiger partial charge in [-0.25, -0.2) is 9.67 Å². The van der Waals surface area contributed by atoms with Crippen LogP contribution in [0.1, 0.15) is 37.1 Å². The fourth-order valence-corrected chi connectivity index (χ4v) is 6.61. The standard InChI is InChI=1S/C33H34N6O4S/c1-42-25-14-10-23(11-15-25)28-22-44-30(35-28)20-38(31(40)21-39-29-9-5-4-8-27(29)36-37-39)33(18-6-3-7-19-33)32(41)34-24-12-16-26(43-2)17-13-24/h4-5,8-17,22H,3,6-7,18-21H2,1-2H3,(H,34,41). The van der Waals surface area contributed by atoms with Crippen LogP contribution in [-0.4, -0.2) is 56.5 Å². The lowest BCUT2D eigenvalue weighted by atomic mass is 9.79. The third-order valence-corrected chi connectivity index (χ3v) is 9.04. The minimum absolute atomic E-state index is 0.0468. The number of methoxy groups -OCH3 is 2. The maximum atomic E-state index is 14.4. The minimum atomic E-state index is -1.06. The van der Waals surface area contributed by atoms with Gasteiger partial charge in [-0.05, 0) is 73.5 Å². The van der Waals surface area contributed by atoms with Gasteiger partial charge in [-0.15, -0.1) is 16.4 Å². The van der Waals surface area contributed by atoms with E-state index in [0.717, 1.165) is 46.8 Å². The molecule has 1 aliphatic carbocycles. The van der Waals surface area contributed by atoms with E-state index in [4.69, 9.17) is 14.5 Å². The first-order valence-electron chi connectivity index (χ1n) is 14.6. The maximum Gasteiger partial charge on any atom is 0.250 e. The average molecular weight is 611 g/mol. The van der Waals surface area contributed by atoms with E-state index in [1.165, 1.54) is 11.3 Å². The monoisotopic (exact) mass is 610 g/mol. The van der Waals surface area contributed by atoms with E-state index < -0.39 is 5.54 Å². The van der Waals surface area contributed by atoms with E-state index in [0.29, 0.717) is 29.8 Å². The first-order valence-corrected chi connectivity index (χ1v) is 15.5. The van der Waals surface area contributed by atoms with Gasteiger partial charge < -0.3 is 19.7 Å². The summed E-state index contributed by atoms with van der Waals surface area (Å²) in [5.41, 5.74) is 2.81. The van der Waals surface area contributed by atoms with Crippen molar-refractivity contribution in [3.8, 4) is 22.8 Å². The Kier molecular flexibility index (Phi) is 8.56. The second-order valence-corrected chi connectivity index (χ2v) is 11.8. The molecule has 3 aromatic carbocycles. The zero-order chi connectivity index (χ0) is 30.5. The predicted molar refractivity (Wildman–Crippen MR) is 170 cm³/mol. The number of hydrogen-bond acceptors (Lipinski definition) is 8. The molecule has 6 rings (SSSR count). The van der Waals surface area contributed by atoms with E-state index in [9.17, 15) is 9.59 Å². The molecule has 0 spiro atoms. The van der Waals surface area contributed by atoms with E-state index >= 15 is 0 Å². The maximum absolute atomic E-state index is 14.4. The average Bonchev–Trinajstić information content (AvgIpc) is 3.71. The highest BCUT2D eigenvalue weighted by molar-refractivity contribution is 7.09. The van der Waals surface area contributed by atoms with Crippen molar-refractivity contribution in [2.24, 2.45) is 0 Å². The summed E-state index contributed by atoms with van der Waals surface area (Å²) < 4.78 is 12.2. The van der Waals surface area contributed by atoms with Crippen molar-refractivity contribution in [3.05, 3.63) is 83.2 Å². The Morgan fingerprint density at radius 2 is 1.61 bits per heavy atom. The molecule has 2 heterocycles. The third kappa shape index (κ3) is 6.00. The first kappa shape index (κ1) is 29.3. The number of thiazole rings is 1. The fourth-order valence-electron chi connectivity index (χ4n) is 5.82. The van der Waals surface area contributed by atoms with Crippen LogP contribution in [0.25, 0.3) is 22.3 Å². The molecule has 1 N–H and O–H groups in total. The molecule has 5 aromatic rings. The molecule has 11 heteroatoms. The zero-order valence-electron chi connectivity index (χ0n) is 24.7. The summed E-state index contributed by atoms with van der Waals surface area (Å²) in [5.74, 6) is 1.05. The number of anilines is 1. The van der Waals surface area contributed by atoms with Crippen LogP contribution in [0.5, 0.6) is 11.5 Å². The van der Waals surface area contributed by atoms with Gasteiger partial charge in [0.15, 0.2) is 0 Å². The summed E-state index contributed by atoms with van der Waals surface area (Å²) >= 11 is 1.48. The molecule has 1 aliphatic rings. The van der Waals surface area contributed by atoms with Crippen LogP contribution in [0.2, 0.25) is 0 Å². The van der Waals surface area contributed by atoms with Crippen LogP contribution in [0, 0.1) is 0 Å². The Morgan fingerprint density at radius 1 is 0.932 bits per heavy atom. The van der Waals surface area contributed by atoms with Gasteiger partial charge >= 0.3 is 0 Å². The highest BCUT2D eigenvalue weighted by Crippen LogP contribution is 2.37. The minimum Gasteiger partial charge on any atom is -0.497 e. The van der Waals surface area contributed by atoms with Crippen LogP contribution >= 0.6 is 11.3 Å². The first-order chi connectivity index (χ1) is 21.5. The molecule has 0 aliphatic heterocycles. The Morgan fingerprint density at radius 3 is 2.32 bits per heavy atom. The molecule has 44 heavy (non-hydrogen) atoms. The van der Waals surface area contributed by atoms with Crippen molar-refractivity contribution in [2.75, 3.05) is 19.5 Å². The van der Waals surface area contributed by atoms with Gasteiger partial charge in [-0.2, -0.15) is 0 Å². The lowest BCUT2D eigenvalue weighted by Gasteiger charge is -2.44. The van der Waals surface area contributed by atoms with Crippen LogP contribution in [0.3, 0.4) is 0 Å². The number of para-hydroxylation sites is 1. The van der Waals surface area contributed by atoms with Crippen molar-refractivity contribution in [1.82, 2.24) is 24.9 Å². The Labute approximate surface area is 259 Å². The lowest BCUT2D eigenvalue weighted by molar-refractivity contribution is -0.149. The molecule has 0 saturated heterocycles. The van der Waals surface area contributed by atoms with Crippen LogP contribution in [-0.2, 0) is 22.7 Å². The summed E-state index contributed by atoms with van der Waals surface area (Å²) in [6.07, 6.45) is 3.78. The summed E-state index contributed by atoms with van der Waals surface area (Å²) in [7, 11) is 3.24. The van der Waals surface area contributed by atoms with Crippen molar-refractivity contribution in [2.45, 2.75) is 50.7 Å². The number of carbonyl (C=O) groups excluding carboxylic acids is 2. The van der Waals surface area contributed by atoms with Gasteiger partial charge in [0.2, 0.25) is 11.8 Å². The number of carbonyl (C=O) groups is 2. The van der Waals surface area contributed by atoms with Gasteiger partial charge in [-0.3, -0.25) is 9.59 Å². The summed E-state index contributed by atoms with van der Waals surface area (Å²) in [6.45, 7) is 0.150. The van der Waals surface area contributed by atoms with E-state index in [1.807, 2.05) is 66.0 Å².